The summed E-state index contributed by atoms with van der Waals surface area (Å²) in [4.78, 5) is 41.3. The van der Waals surface area contributed by atoms with Crippen molar-refractivity contribution in [2.24, 2.45) is 5.41 Å². The zero-order valence-corrected chi connectivity index (χ0v) is 21.4. The molecule has 9 heteroatoms. The molecule has 2 aromatic rings. The average Bonchev–Trinajstić information content (AvgIpc) is 3.37. The highest BCUT2D eigenvalue weighted by Gasteiger charge is 2.41. The molecule has 8 nitrogen and oxygen atoms in total. The maximum Gasteiger partial charge on any atom is 0.246 e. The molecule has 1 N–H and O–H groups in total. The van der Waals surface area contributed by atoms with Crippen LogP contribution >= 0.6 is 15.9 Å². The van der Waals surface area contributed by atoms with Crippen LogP contribution in [-0.2, 0) is 32.1 Å². The van der Waals surface area contributed by atoms with Gasteiger partial charge < -0.3 is 24.4 Å². The van der Waals surface area contributed by atoms with Gasteiger partial charge >= 0.3 is 0 Å². The molecule has 3 aliphatic rings. The number of rotatable bonds is 6. The van der Waals surface area contributed by atoms with E-state index >= 15 is 0 Å². The number of benzene rings is 1. The van der Waals surface area contributed by atoms with Gasteiger partial charge in [0, 0.05) is 61.0 Å². The zero-order valence-electron chi connectivity index (χ0n) is 19.8. The summed E-state index contributed by atoms with van der Waals surface area (Å²) in [7, 11) is 0. The van der Waals surface area contributed by atoms with Gasteiger partial charge in [0.25, 0.3) is 0 Å². The van der Waals surface area contributed by atoms with Gasteiger partial charge in [-0.3, -0.25) is 14.4 Å². The van der Waals surface area contributed by atoms with Crippen molar-refractivity contribution >= 4 is 44.6 Å². The Morgan fingerprint density at radius 1 is 1.17 bits per heavy atom. The van der Waals surface area contributed by atoms with Crippen LogP contribution in [0.25, 0.3) is 10.9 Å². The second-order valence-corrected chi connectivity index (χ2v) is 10.9. The first-order valence-corrected chi connectivity index (χ1v) is 13.0. The van der Waals surface area contributed by atoms with Crippen molar-refractivity contribution in [1.29, 1.82) is 0 Å². The normalized spacial score (nSPS) is 19.7. The number of hydrogen-bond acceptors (Lipinski definition) is 4. The van der Waals surface area contributed by atoms with Crippen LogP contribution in [0.3, 0.4) is 0 Å². The predicted octanol–water partition coefficient (Wildman–Crippen LogP) is 2.49. The molecule has 0 saturated carbocycles. The van der Waals surface area contributed by atoms with Crippen molar-refractivity contribution in [2.45, 2.75) is 38.3 Å². The summed E-state index contributed by atoms with van der Waals surface area (Å²) < 4.78 is 8.38. The smallest absolute Gasteiger partial charge is 0.246 e. The van der Waals surface area contributed by atoms with Crippen LogP contribution in [0.4, 0.5) is 0 Å². The third kappa shape index (κ3) is 5.02. The minimum atomic E-state index is -0.118. The molecule has 5 rings (SSSR count). The molecule has 4 heterocycles. The van der Waals surface area contributed by atoms with Crippen LogP contribution in [0.1, 0.15) is 24.8 Å². The van der Waals surface area contributed by atoms with Crippen molar-refractivity contribution < 1.29 is 19.1 Å². The lowest BCUT2D eigenvalue weighted by Gasteiger charge is -2.38. The molecule has 1 spiro atoms. The van der Waals surface area contributed by atoms with Crippen LogP contribution in [0.2, 0.25) is 0 Å². The van der Waals surface area contributed by atoms with E-state index in [1.807, 2.05) is 33.9 Å². The van der Waals surface area contributed by atoms with E-state index in [-0.39, 0.29) is 35.7 Å². The summed E-state index contributed by atoms with van der Waals surface area (Å²) in [6.07, 6.45) is 6.64. The second kappa shape index (κ2) is 9.78. The van der Waals surface area contributed by atoms with Crippen LogP contribution in [0.5, 0.6) is 0 Å². The monoisotopic (exact) mass is 542 g/mol. The number of amides is 3. The third-order valence-corrected chi connectivity index (χ3v) is 8.15. The number of halogens is 1. The first-order valence-electron chi connectivity index (χ1n) is 12.2. The van der Waals surface area contributed by atoms with E-state index in [0.29, 0.717) is 19.5 Å². The number of nitrogens with one attached hydrogen (secondary N) is 1. The minimum absolute atomic E-state index is 0.0453. The maximum absolute atomic E-state index is 13.3. The molecule has 0 bridgehead atoms. The molecule has 0 unspecified atom stereocenters. The highest BCUT2D eigenvalue weighted by atomic mass is 79.9. The standard InChI is InChI=1S/C26H31BrN4O4/c1-2-24(33)31-14-20(15-31)28-23(32)16-30-13-18(21-12-19(27)3-4-22(21)30)11-25(34)29-8-5-26(17-29)6-9-35-10-7-26/h2-4,12-13,20H,1,5-11,14-17H2,(H,28,32). The maximum atomic E-state index is 13.3. The Hall–Kier alpha value is -2.65. The molecule has 3 amide bonds. The number of carbonyl (C=O) groups is 3. The largest absolute Gasteiger partial charge is 0.381 e. The summed E-state index contributed by atoms with van der Waals surface area (Å²) in [5, 5.41) is 3.97. The Labute approximate surface area is 213 Å². The lowest BCUT2D eigenvalue weighted by Crippen LogP contribution is -2.61. The summed E-state index contributed by atoms with van der Waals surface area (Å²) in [6, 6.07) is 5.89. The van der Waals surface area contributed by atoms with Crippen molar-refractivity contribution in [1.82, 2.24) is 19.7 Å². The summed E-state index contributed by atoms with van der Waals surface area (Å²) in [6.45, 7) is 7.84. The Balaban J connectivity index is 1.26. The molecule has 1 aromatic heterocycles. The van der Waals surface area contributed by atoms with E-state index in [2.05, 4.69) is 27.8 Å². The molecule has 3 saturated heterocycles. The first-order chi connectivity index (χ1) is 16.9. The van der Waals surface area contributed by atoms with Crippen molar-refractivity contribution in [3.63, 3.8) is 0 Å². The quantitative estimate of drug-likeness (QED) is 0.568. The van der Waals surface area contributed by atoms with Gasteiger partial charge in [0.05, 0.1) is 12.5 Å². The average molecular weight is 543 g/mol. The van der Waals surface area contributed by atoms with Gasteiger partial charge in [-0.25, -0.2) is 0 Å². The lowest BCUT2D eigenvalue weighted by molar-refractivity contribution is -0.133. The van der Waals surface area contributed by atoms with Crippen molar-refractivity contribution in [3.8, 4) is 0 Å². The van der Waals surface area contributed by atoms with E-state index in [1.165, 1.54) is 6.08 Å². The number of likely N-dealkylation sites (tertiary alicyclic amines) is 2. The van der Waals surface area contributed by atoms with Gasteiger partial charge in [0.1, 0.15) is 6.54 Å². The molecule has 3 fully saturated rings. The first kappa shape index (κ1) is 24.1. The molecule has 35 heavy (non-hydrogen) atoms. The Kier molecular flexibility index (Phi) is 6.72. The SMILES string of the molecule is C=CC(=O)N1CC(NC(=O)Cn2cc(CC(=O)N3CCC4(CCOCC4)C3)c3cc(Br)ccc32)C1. The zero-order chi connectivity index (χ0) is 24.6. The Bertz CT molecular complexity index is 1160. The Morgan fingerprint density at radius 2 is 1.94 bits per heavy atom. The topological polar surface area (TPSA) is 83.9 Å². The van der Waals surface area contributed by atoms with Crippen LogP contribution in [0.15, 0.2) is 41.5 Å². The molecule has 0 atom stereocenters. The van der Waals surface area contributed by atoms with Gasteiger partial charge in [0.2, 0.25) is 17.7 Å². The fourth-order valence-electron chi connectivity index (χ4n) is 5.56. The van der Waals surface area contributed by atoms with E-state index in [4.69, 9.17) is 4.74 Å². The molecular weight excluding hydrogens is 512 g/mol. The fourth-order valence-corrected chi connectivity index (χ4v) is 5.92. The van der Waals surface area contributed by atoms with Crippen LogP contribution < -0.4 is 5.32 Å². The number of aromatic nitrogens is 1. The minimum Gasteiger partial charge on any atom is -0.381 e. The number of fused-ring (bicyclic) bond motifs is 1. The summed E-state index contributed by atoms with van der Waals surface area (Å²) in [5.74, 6) is -0.0924. The number of carbonyl (C=O) groups excluding carboxylic acids is 3. The second-order valence-electron chi connectivity index (χ2n) is 10.0. The molecule has 186 valence electrons. The van der Waals surface area contributed by atoms with E-state index < -0.39 is 0 Å². The van der Waals surface area contributed by atoms with Gasteiger partial charge in [-0.1, -0.05) is 22.5 Å². The lowest BCUT2D eigenvalue weighted by atomic mass is 9.80. The van der Waals surface area contributed by atoms with Crippen molar-refractivity contribution in [2.75, 3.05) is 39.4 Å². The molecule has 0 radical (unpaired) electrons. The molecule has 1 aromatic carbocycles. The van der Waals surface area contributed by atoms with E-state index in [9.17, 15) is 14.4 Å². The summed E-state index contributed by atoms with van der Waals surface area (Å²) >= 11 is 3.55. The number of nitrogens with zero attached hydrogens (tertiary/aromatic N) is 3. The third-order valence-electron chi connectivity index (χ3n) is 7.66. The van der Waals surface area contributed by atoms with Gasteiger partial charge in [-0.05, 0) is 54.5 Å². The van der Waals surface area contributed by atoms with Crippen molar-refractivity contribution in [3.05, 3.63) is 47.1 Å². The van der Waals surface area contributed by atoms with Gasteiger partial charge in [0.15, 0.2) is 0 Å². The molecular formula is C26H31BrN4O4. The summed E-state index contributed by atoms with van der Waals surface area (Å²) in [5.41, 5.74) is 2.07. The van der Waals surface area contributed by atoms with Crippen LogP contribution in [-0.4, -0.2) is 77.5 Å². The Morgan fingerprint density at radius 3 is 2.69 bits per heavy atom. The molecule has 3 aliphatic heterocycles. The fraction of sp³-hybridized carbons (Fsp3) is 0.500. The molecule has 0 aliphatic carbocycles. The van der Waals surface area contributed by atoms with Gasteiger partial charge in [-0.15, -0.1) is 0 Å². The number of hydrogen-bond donors (Lipinski definition) is 1. The number of ether oxygens (including phenoxy) is 1. The van der Waals surface area contributed by atoms with Crippen LogP contribution in [0, 0.1) is 5.41 Å². The van der Waals surface area contributed by atoms with E-state index in [0.717, 1.165) is 66.5 Å². The highest BCUT2D eigenvalue weighted by molar-refractivity contribution is 9.10. The van der Waals surface area contributed by atoms with Gasteiger partial charge in [-0.2, -0.15) is 0 Å². The van der Waals surface area contributed by atoms with E-state index in [1.54, 1.807) is 4.90 Å². The highest BCUT2D eigenvalue weighted by Crippen LogP contribution is 2.40. The predicted molar refractivity (Wildman–Crippen MR) is 136 cm³/mol.